The third kappa shape index (κ3) is 3.00. The molecule has 104 valence electrons. The highest BCUT2D eigenvalue weighted by atomic mass is 79.9. The number of halogens is 1. The first-order valence-electron chi connectivity index (χ1n) is 6.42. The maximum absolute atomic E-state index is 12.5. The second kappa shape index (κ2) is 5.77. The van der Waals surface area contributed by atoms with Crippen molar-refractivity contribution in [3.63, 3.8) is 0 Å². The van der Waals surface area contributed by atoms with E-state index in [1.54, 1.807) is 16.8 Å². The van der Waals surface area contributed by atoms with Crippen molar-refractivity contribution in [3.8, 4) is 0 Å². The lowest BCUT2D eigenvalue weighted by molar-refractivity contribution is -0.129. The molecule has 1 saturated heterocycles. The van der Waals surface area contributed by atoms with Crippen molar-refractivity contribution in [2.24, 2.45) is 0 Å². The predicted molar refractivity (Wildman–Crippen MR) is 76.0 cm³/mol. The Morgan fingerprint density at radius 3 is 2.84 bits per heavy atom. The number of rotatable bonds is 2. The van der Waals surface area contributed by atoms with Gasteiger partial charge in [-0.1, -0.05) is 0 Å². The fourth-order valence-corrected chi connectivity index (χ4v) is 2.70. The molecule has 0 bridgehead atoms. The molecule has 5 nitrogen and oxygen atoms in total. The van der Waals surface area contributed by atoms with Gasteiger partial charge in [-0.15, -0.1) is 0 Å². The lowest BCUT2D eigenvalue weighted by Gasteiger charge is -2.20. The first-order valence-corrected chi connectivity index (χ1v) is 7.21. The Balaban J connectivity index is 2.20. The smallest absolute Gasteiger partial charge is 0.270 e. The largest absolute Gasteiger partial charge is 0.344 e. The van der Waals surface area contributed by atoms with E-state index in [1.807, 2.05) is 23.8 Å². The van der Waals surface area contributed by atoms with Crippen molar-refractivity contribution in [2.75, 3.05) is 26.7 Å². The molecule has 0 radical (unpaired) electrons. The number of aryl methyl sites for hydroxylation is 1. The molecule has 0 aromatic carbocycles. The van der Waals surface area contributed by atoms with E-state index in [9.17, 15) is 9.59 Å². The molecule has 0 saturated carbocycles. The van der Waals surface area contributed by atoms with Gasteiger partial charge in [0.2, 0.25) is 5.91 Å². The van der Waals surface area contributed by atoms with Crippen LogP contribution in [0.2, 0.25) is 0 Å². The van der Waals surface area contributed by atoms with Gasteiger partial charge in [0.25, 0.3) is 5.91 Å². The lowest BCUT2D eigenvalue weighted by atomic mass is 10.3. The molecule has 1 aromatic rings. The molecule has 2 amide bonds. The van der Waals surface area contributed by atoms with Gasteiger partial charge >= 0.3 is 0 Å². The molecule has 6 heteroatoms. The summed E-state index contributed by atoms with van der Waals surface area (Å²) in [5, 5.41) is 0. The van der Waals surface area contributed by atoms with Gasteiger partial charge in [-0.3, -0.25) is 9.59 Å². The molecule has 19 heavy (non-hydrogen) atoms. The summed E-state index contributed by atoms with van der Waals surface area (Å²) in [6.45, 7) is 4.23. The summed E-state index contributed by atoms with van der Waals surface area (Å²) in [6, 6.07) is 1.81. The van der Waals surface area contributed by atoms with Crippen molar-refractivity contribution >= 4 is 27.7 Å². The fraction of sp³-hybridized carbons (Fsp3) is 0.538. The van der Waals surface area contributed by atoms with E-state index in [4.69, 9.17) is 0 Å². The number of amides is 2. The average molecular weight is 328 g/mol. The third-order valence-electron chi connectivity index (χ3n) is 3.38. The molecule has 2 rings (SSSR count). The Morgan fingerprint density at radius 1 is 1.42 bits per heavy atom. The topological polar surface area (TPSA) is 45.6 Å². The van der Waals surface area contributed by atoms with Crippen LogP contribution in [0, 0.1) is 0 Å². The Hall–Kier alpha value is -1.30. The summed E-state index contributed by atoms with van der Waals surface area (Å²) in [6.07, 6.45) is 2.71. The van der Waals surface area contributed by atoms with Crippen LogP contribution in [0.5, 0.6) is 0 Å². The molecule has 1 fully saturated rings. The van der Waals surface area contributed by atoms with Gasteiger partial charge in [0.1, 0.15) is 12.2 Å². The summed E-state index contributed by atoms with van der Waals surface area (Å²) < 4.78 is 2.78. The van der Waals surface area contributed by atoms with Gasteiger partial charge in [0, 0.05) is 37.4 Å². The van der Waals surface area contributed by atoms with Crippen LogP contribution in [0.25, 0.3) is 0 Å². The molecule has 1 aliphatic heterocycles. The van der Waals surface area contributed by atoms with Crippen LogP contribution in [0.15, 0.2) is 16.7 Å². The minimum absolute atomic E-state index is 0.000444. The van der Waals surface area contributed by atoms with Crippen LogP contribution in [-0.2, 0) is 11.3 Å². The van der Waals surface area contributed by atoms with Crippen LogP contribution in [0.3, 0.4) is 0 Å². The molecular weight excluding hydrogens is 310 g/mol. The van der Waals surface area contributed by atoms with Crippen LogP contribution in [0.4, 0.5) is 0 Å². The zero-order chi connectivity index (χ0) is 14.0. The number of likely N-dealkylation sites (N-methyl/N-ethyl adjacent to an activating group) is 1. The molecule has 2 heterocycles. The number of hydrogen-bond donors (Lipinski definition) is 0. The van der Waals surface area contributed by atoms with Crippen molar-refractivity contribution < 1.29 is 9.59 Å². The van der Waals surface area contributed by atoms with Crippen LogP contribution < -0.4 is 0 Å². The first-order chi connectivity index (χ1) is 9.02. The van der Waals surface area contributed by atoms with Crippen molar-refractivity contribution in [3.05, 3.63) is 22.4 Å². The van der Waals surface area contributed by atoms with Gasteiger partial charge in [-0.05, 0) is 35.3 Å². The number of hydrogen-bond acceptors (Lipinski definition) is 2. The molecule has 0 spiro atoms. The summed E-state index contributed by atoms with van der Waals surface area (Å²) in [7, 11) is 1.78. The van der Waals surface area contributed by atoms with Crippen molar-refractivity contribution in [1.82, 2.24) is 14.4 Å². The van der Waals surface area contributed by atoms with Gasteiger partial charge in [0.15, 0.2) is 0 Å². The summed E-state index contributed by atoms with van der Waals surface area (Å²) in [4.78, 5) is 27.7. The highest BCUT2D eigenvalue weighted by Crippen LogP contribution is 2.17. The highest BCUT2D eigenvalue weighted by molar-refractivity contribution is 9.10. The Morgan fingerprint density at radius 2 is 2.16 bits per heavy atom. The van der Waals surface area contributed by atoms with E-state index < -0.39 is 0 Å². The number of aromatic nitrogens is 1. The predicted octanol–water partition coefficient (Wildman–Crippen LogP) is 1.57. The van der Waals surface area contributed by atoms with Gasteiger partial charge in [-0.25, -0.2) is 0 Å². The molecule has 0 unspecified atom stereocenters. The van der Waals surface area contributed by atoms with E-state index in [0.29, 0.717) is 18.8 Å². The van der Waals surface area contributed by atoms with Crippen molar-refractivity contribution in [2.45, 2.75) is 19.9 Å². The highest BCUT2D eigenvalue weighted by Gasteiger charge is 2.25. The quantitative estimate of drug-likeness (QED) is 0.827. The number of carbonyl (C=O) groups excluding carboxylic acids is 2. The SMILES string of the molecule is CCn1cc(Br)cc1C(=O)N1CCCN(C)C(=O)C1. The van der Waals surface area contributed by atoms with Crippen LogP contribution in [-0.4, -0.2) is 52.9 Å². The number of carbonyl (C=O) groups is 2. The van der Waals surface area contributed by atoms with Gasteiger partial charge in [-0.2, -0.15) is 0 Å². The maximum Gasteiger partial charge on any atom is 0.270 e. The zero-order valence-corrected chi connectivity index (χ0v) is 12.8. The van der Waals surface area contributed by atoms with E-state index in [2.05, 4.69) is 15.9 Å². The molecule has 1 aliphatic rings. The Labute approximate surface area is 121 Å². The minimum Gasteiger partial charge on any atom is -0.344 e. The van der Waals surface area contributed by atoms with E-state index in [1.165, 1.54) is 0 Å². The molecule has 0 aliphatic carbocycles. The Kier molecular flexibility index (Phi) is 4.29. The lowest BCUT2D eigenvalue weighted by Crippen LogP contribution is -2.38. The number of nitrogens with zero attached hydrogens (tertiary/aromatic N) is 3. The van der Waals surface area contributed by atoms with Crippen molar-refractivity contribution in [1.29, 1.82) is 0 Å². The maximum atomic E-state index is 12.5. The van der Waals surface area contributed by atoms with Crippen LogP contribution in [0.1, 0.15) is 23.8 Å². The summed E-state index contributed by atoms with van der Waals surface area (Å²) in [5.74, 6) is -0.0734. The van der Waals surface area contributed by atoms with E-state index in [0.717, 1.165) is 17.4 Å². The second-order valence-corrected chi connectivity index (χ2v) is 5.64. The van der Waals surface area contributed by atoms with Gasteiger partial charge in [0.05, 0.1) is 0 Å². The summed E-state index contributed by atoms with van der Waals surface area (Å²) >= 11 is 3.39. The molecule has 1 aromatic heterocycles. The molecule has 0 N–H and O–H groups in total. The second-order valence-electron chi connectivity index (χ2n) is 4.73. The molecular formula is C13H18BrN3O2. The zero-order valence-electron chi connectivity index (χ0n) is 11.2. The molecule has 0 atom stereocenters. The van der Waals surface area contributed by atoms with E-state index in [-0.39, 0.29) is 18.4 Å². The summed E-state index contributed by atoms with van der Waals surface area (Å²) in [5.41, 5.74) is 0.631. The minimum atomic E-state index is -0.0730. The van der Waals surface area contributed by atoms with E-state index >= 15 is 0 Å². The third-order valence-corrected chi connectivity index (χ3v) is 3.82. The normalized spacial score (nSPS) is 16.7. The average Bonchev–Trinajstić information content (AvgIpc) is 2.68. The standard InChI is InChI=1S/C13H18BrN3O2/c1-3-16-8-10(14)7-11(16)13(19)17-6-4-5-15(2)12(18)9-17/h7-8H,3-6,9H2,1-2H3. The first kappa shape index (κ1) is 14.1. The monoisotopic (exact) mass is 327 g/mol. The van der Waals surface area contributed by atoms with Gasteiger partial charge < -0.3 is 14.4 Å². The van der Waals surface area contributed by atoms with Crippen LogP contribution >= 0.6 is 15.9 Å². The Bertz CT molecular complexity index is 498. The fourth-order valence-electron chi connectivity index (χ4n) is 2.24.